The third-order valence-corrected chi connectivity index (χ3v) is 4.26. The quantitative estimate of drug-likeness (QED) is 0.772. The molecule has 1 aliphatic carbocycles. The van der Waals surface area contributed by atoms with Crippen LogP contribution < -0.4 is 11.1 Å². The topological polar surface area (TPSA) is 64.4 Å². The zero-order valence-electron chi connectivity index (χ0n) is 10.5. The van der Waals surface area contributed by atoms with Crippen molar-refractivity contribution in [2.24, 2.45) is 17.1 Å². The molecule has 0 aromatic heterocycles. The van der Waals surface area contributed by atoms with Gasteiger partial charge < -0.3 is 15.8 Å². The van der Waals surface area contributed by atoms with Gasteiger partial charge in [0.25, 0.3) is 0 Å². The zero-order chi connectivity index (χ0) is 12.1. The lowest BCUT2D eigenvalue weighted by Gasteiger charge is -2.34. The van der Waals surface area contributed by atoms with E-state index < -0.39 is 0 Å². The molecule has 3 N–H and O–H groups in total. The average molecular weight is 240 g/mol. The van der Waals surface area contributed by atoms with Crippen LogP contribution in [-0.2, 0) is 9.53 Å². The second-order valence-corrected chi connectivity index (χ2v) is 5.48. The number of hydrogen-bond donors (Lipinski definition) is 2. The molecule has 1 heterocycles. The molecule has 1 atom stereocenters. The van der Waals surface area contributed by atoms with Crippen molar-refractivity contribution in [1.82, 2.24) is 5.32 Å². The number of nitrogens with one attached hydrogen (secondary N) is 1. The molecule has 0 bridgehead atoms. The molecule has 1 amide bonds. The molecule has 0 spiro atoms. The summed E-state index contributed by atoms with van der Waals surface area (Å²) in [6.07, 6.45) is 6.49. The molecule has 1 aliphatic heterocycles. The molecule has 1 saturated carbocycles. The van der Waals surface area contributed by atoms with Crippen molar-refractivity contribution < 1.29 is 9.53 Å². The standard InChI is InChI=1S/C13H24N2O2/c14-10-13(5-2-1-3-6-13)12(16)15-8-11-4-7-17-9-11/h11H,1-10,14H2,(H,15,16). The smallest absolute Gasteiger partial charge is 0.227 e. The highest BCUT2D eigenvalue weighted by Crippen LogP contribution is 2.35. The van der Waals surface area contributed by atoms with E-state index in [0.29, 0.717) is 12.5 Å². The van der Waals surface area contributed by atoms with E-state index in [1.807, 2.05) is 0 Å². The van der Waals surface area contributed by atoms with Crippen LogP contribution in [0, 0.1) is 11.3 Å². The minimum Gasteiger partial charge on any atom is -0.381 e. The molecule has 0 aromatic rings. The lowest BCUT2D eigenvalue weighted by atomic mass is 9.73. The Hall–Kier alpha value is -0.610. The second-order valence-electron chi connectivity index (χ2n) is 5.48. The molecule has 2 rings (SSSR count). The molecule has 17 heavy (non-hydrogen) atoms. The zero-order valence-corrected chi connectivity index (χ0v) is 10.5. The summed E-state index contributed by atoms with van der Waals surface area (Å²) in [5.74, 6) is 0.670. The summed E-state index contributed by atoms with van der Waals surface area (Å²) < 4.78 is 5.31. The molecule has 1 saturated heterocycles. The Morgan fingerprint density at radius 1 is 1.35 bits per heavy atom. The molecule has 98 valence electrons. The van der Waals surface area contributed by atoms with Gasteiger partial charge in [0.2, 0.25) is 5.91 Å². The molecule has 0 aromatic carbocycles. The summed E-state index contributed by atoms with van der Waals surface area (Å²) in [5, 5.41) is 3.09. The fraction of sp³-hybridized carbons (Fsp3) is 0.923. The first kappa shape index (κ1) is 12.8. The summed E-state index contributed by atoms with van der Waals surface area (Å²) in [6, 6.07) is 0. The van der Waals surface area contributed by atoms with Crippen LogP contribution in [0.4, 0.5) is 0 Å². The van der Waals surface area contributed by atoms with Crippen LogP contribution in [0.1, 0.15) is 38.5 Å². The van der Waals surface area contributed by atoms with Crippen LogP contribution in [0.3, 0.4) is 0 Å². The van der Waals surface area contributed by atoms with Crippen molar-refractivity contribution >= 4 is 5.91 Å². The fourth-order valence-corrected chi connectivity index (χ4v) is 2.92. The van der Waals surface area contributed by atoms with Gasteiger partial charge in [-0.25, -0.2) is 0 Å². The molecular weight excluding hydrogens is 216 g/mol. The summed E-state index contributed by atoms with van der Waals surface area (Å²) in [4.78, 5) is 12.3. The number of carbonyl (C=O) groups is 1. The Morgan fingerprint density at radius 3 is 2.71 bits per heavy atom. The average Bonchev–Trinajstić information content (AvgIpc) is 2.90. The van der Waals surface area contributed by atoms with Gasteiger partial charge >= 0.3 is 0 Å². The normalized spacial score (nSPS) is 27.9. The number of nitrogens with two attached hydrogens (primary N) is 1. The highest BCUT2D eigenvalue weighted by molar-refractivity contribution is 5.83. The summed E-state index contributed by atoms with van der Waals surface area (Å²) >= 11 is 0. The van der Waals surface area contributed by atoms with E-state index in [4.69, 9.17) is 10.5 Å². The van der Waals surface area contributed by atoms with E-state index in [1.165, 1.54) is 6.42 Å². The maximum absolute atomic E-state index is 12.3. The van der Waals surface area contributed by atoms with Crippen LogP contribution in [0.25, 0.3) is 0 Å². The van der Waals surface area contributed by atoms with Gasteiger partial charge in [0, 0.05) is 25.6 Å². The van der Waals surface area contributed by atoms with E-state index in [-0.39, 0.29) is 11.3 Å². The second kappa shape index (κ2) is 5.83. The van der Waals surface area contributed by atoms with Gasteiger partial charge in [-0.2, -0.15) is 0 Å². The van der Waals surface area contributed by atoms with E-state index >= 15 is 0 Å². The monoisotopic (exact) mass is 240 g/mol. The van der Waals surface area contributed by atoms with E-state index in [9.17, 15) is 4.79 Å². The fourth-order valence-electron chi connectivity index (χ4n) is 2.92. The molecule has 4 heteroatoms. The largest absolute Gasteiger partial charge is 0.381 e. The van der Waals surface area contributed by atoms with Crippen molar-refractivity contribution in [2.75, 3.05) is 26.3 Å². The first-order valence-corrected chi connectivity index (χ1v) is 6.83. The third-order valence-electron chi connectivity index (χ3n) is 4.26. The highest BCUT2D eigenvalue weighted by Gasteiger charge is 2.38. The number of rotatable bonds is 4. The molecule has 2 fully saturated rings. The van der Waals surface area contributed by atoms with Crippen molar-refractivity contribution in [3.8, 4) is 0 Å². The third kappa shape index (κ3) is 2.99. The van der Waals surface area contributed by atoms with Crippen molar-refractivity contribution in [3.05, 3.63) is 0 Å². The highest BCUT2D eigenvalue weighted by atomic mass is 16.5. The molecule has 2 aliphatic rings. The van der Waals surface area contributed by atoms with E-state index in [1.54, 1.807) is 0 Å². The Kier molecular flexibility index (Phi) is 4.40. The first-order chi connectivity index (χ1) is 8.27. The van der Waals surface area contributed by atoms with Gasteiger partial charge in [-0.3, -0.25) is 4.79 Å². The summed E-state index contributed by atoms with van der Waals surface area (Å²) in [6.45, 7) is 2.86. The van der Waals surface area contributed by atoms with Crippen molar-refractivity contribution in [3.63, 3.8) is 0 Å². The Bertz CT molecular complexity index is 256. The Balaban J connectivity index is 1.83. The molecular formula is C13H24N2O2. The molecule has 4 nitrogen and oxygen atoms in total. The maximum Gasteiger partial charge on any atom is 0.227 e. The van der Waals surface area contributed by atoms with Gasteiger partial charge in [0.05, 0.1) is 12.0 Å². The number of carbonyl (C=O) groups excluding carboxylic acids is 1. The lowest BCUT2D eigenvalue weighted by Crippen LogP contribution is -2.48. The number of ether oxygens (including phenoxy) is 1. The van der Waals surface area contributed by atoms with Crippen molar-refractivity contribution in [1.29, 1.82) is 0 Å². The molecule has 0 radical (unpaired) electrons. The van der Waals surface area contributed by atoms with Crippen molar-refractivity contribution in [2.45, 2.75) is 38.5 Å². The number of hydrogen-bond acceptors (Lipinski definition) is 3. The lowest BCUT2D eigenvalue weighted by molar-refractivity contribution is -0.132. The predicted octanol–water partition coefficient (Wildman–Crippen LogP) is 1.05. The summed E-state index contributed by atoms with van der Waals surface area (Å²) in [7, 11) is 0. The van der Waals surface area contributed by atoms with Gasteiger partial charge in [0.1, 0.15) is 0 Å². The Morgan fingerprint density at radius 2 is 2.12 bits per heavy atom. The van der Waals surface area contributed by atoms with Gasteiger partial charge in [0.15, 0.2) is 0 Å². The van der Waals surface area contributed by atoms with Gasteiger partial charge in [-0.15, -0.1) is 0 Å². The minimum atomic E-state index is -0.280. The van der Waals surface area contributed by atoms with Crippen LogP contribution in [0.15, 0.2) is 0 Å². The maximum atomic E-state index is 12.3. The summed E-state index contributed by atoms with van der Waals surface area (Å²) in [5.41, 5.74) is 5.56. The van der Waals surface area contributed by atoms with E-state index in [0.717, 1.165) is 51.9 Å². The number of amides is 1. The predicted molar refractivity (Wildman–Crippen MR) is 66.5 cm³/mol. The molecule has 1 unspecified atom stereocenters. The van der Waals surface area contributed by atoms with Crippen LogP contribution >= 0.6 is 0 Å². The van der Waals surface area contributed by atoms with Crippen LogP contribution in [0.2, 0.25) is 0 Å². The SMILES string of the molecule is NCC1(C(=O)NCC2CCOC2)CCCCC1. The van der Waals surface area contributed by atoms with Crippen LogP contribution in [0.5, 0.6) is 0 Å². The van der Waals surface area contributed by atoms with Crippen LogP contribution in [-0.4, -0.2) is 32.2 Å². The van der Waals surface area contributed by atoms with Gasteiger partial charge in [-0.05, 0) is 19.3 Å². The Labute approximate surface area is 103 Å². The minimum absolute atomic E-state index is 0.173. The first-order valence-electron chi connectivity index (χ1n) is 6.83. The van der Waals surface area contributed by atoms with Gasteiger partial charge in [-0.1, -0.05) is 19.3 Å². The van der Waals surface area contributed by atoms with E-state index in [2.05, 4.69) is 5.32 Å².